The molecule has 2 aromatic carbocycles. The lowest BCUT2D eigenvalue weighted by Crippen LogP contribution is -2.32. The summed E-state index contributed by atoms with van der Waals surface area (Å²) in [5.74, 6) is 0.186. The van der Waals surface area contributed by atoms with Crippen molar-refractivity contribution >= 4 is 23.3 Å². The first-order valence-electron chi connectivity index (χ1n) is 9.28. The molecule has 0 spiro atoms. The lowest BCUT2D eigenvalue weighted by atomic mass is 10.2. The maximum atomic E-state index is 13.2. The van der Waals surface area contributed by atoms with Crippen molar-refractivity contribution in [1.82, 2.24) is 20.9 Å². The van der Waals surface area contributed by atoms with Crippen LogP contribution in [0.4, 0.5) is 10.2 Å². The number of ether oxygens (including phenoxy) is 2. The Morgan fingerprint density at radius 3 is 2.74 bits per heavy atom. The van der Waals surface area contributed by atoms with Gasteiger partial charge in [0.1, 0.15) is 12.4 Å². The smallest absolute Gasteiger partial charge is 0.277 e. The van der Waals surface area contributed by atoms with E-state index in [0.717, 1.165) is 5.56 Å². The van der Waals surface area contributed by atoms with Crippen molar-refractivity contribution in [2.75, 3.05) is 25.9 Å². The number of halogens is 2. The van der Waals surface area contributed by atoms with Gasteiger partial charge in [-0.25, -0.2) is 9.02 Å². The van der Waals surface area contributed by atoms with Gasteiger partial charge in [0.2, 0.25) is 11.5 Å². The molecule has 1 aromatic heterocycles. The Bertz CT molecular complexity index is 1050. The van der Waals surface area contributed by atoms with E-state index in [1.54, 1.807) is 19.2 Å². The molecule has 0 aliphatic rings. The third-order valence-corrected chi connectivity index (χ3v) is 4.62. The second-order valence-corrected chi connectivity index (χ2v) is 6.85. The number of anilines is 1. The quantitative estimate of drug-likeness (QED) is 0.403. The van der Waals surface area contributed by atoms with E-state index in [-0.39, 0.29) is 18.1 Å². The predicted molar refractivity (Wildman–Crippen MR) is 111 cm³/mol. The molecule has 3 rings (SSSR count). The molecule has 0 unspecified atom stereocenters. The van der Waals surface area contributed by atoms with Crippen molar-refractivity contribution in [2.24, 2.45) is 0 Å². The Morgan fingerprint density at radius 2 is 2.03 bits per heavy atom. The maximum Gasteiger partial charge on any atom is 0.277 e. The van der Waals surface area contributed by atoms with Gasteiger partial charge in [-0.15, -0.1) is 0 Å². The van der Waals surface area contributed by atoms with Crippen LogP contribution in [0.15, 0.2) is 41.0 Å². The van der Waals surface area contributed by atoms with Crippen LogP contribution in [0.2, 0.25) is 5.02 Å². The first kappa shape index (κ1) is 22.3. The molecular formula is C20H21ClFN5O4. The number of carbonyl (C=O) groups is 1. The summed E-state index contributed by atoms with van der Waals surface area (Å²) in [5.41, 5.74) is 7.05. The van der Waals surface area contributed by atoms with Crippen molar-refractivity contribution < 1.29 is 23.3 Å². The molecule has 0 bridgehead atoms. The van der Waals surface area contributed by atoms with Gasteiger partial charge in [0, 0.05) is 25.2 Å². The molecule has 0 atom stereocenters. The normalized spacial score (nSPS) is 10.7. The minimum absolute atomic E-state index is 0.0396. The first-order valence-corrected chi connectivity index (χ1v) is 9.66. The lowest BCUT2D eigenvalue weighted by Gasteiger charge is -2.13. The van der Waals surface area contributed by atoms with Crippen molar-refractivity contribution in [3.8, 4) is 11.5 Å². The zero-order valence-electron chi connectivity index (χ0n) is 16.7. The highest BCUT2D eigenvalue weighted by Gasteiger charge is 2.15. The number of hydrogen-bond acceptors (Lipinski definition) is 8. The molecule has 0 aliphatic carbocycles. The largest absolute Gasteiger partial charge is 0.493 e. The van der Waals surface area contributed by atoms with Gasteiger partial charge in [-0.2, -0.15) is 0 Å². The zero-order valence-corrected chi connectivity index (χ0v) is 17.4. The molecule has 1 heterocycles. The highest BCUT2D eigenvalue weighted by atomic mass is 35.5. The van der Waals surface area contributed by atoms with Crippen LogP contribution in [0, 0.1) is 5.82 Å². The van der Waals surface area contributed by atoms with Gasteiger partial charge >= 0.3 is 0 Å². The highest BCUT2D eigenvalue weighted by Crippen LogP contribution is 2.29. The Morgan fingerprint density at radius 1 is 1.19 bits per heavy atom. The Labute approximate surface area is 182 Å². The van der Waals surface area contributed by atoms with Crippen LogP contribution in [0.1, 0.15) is 21.6 Å². The number of nitrogen functional groups attached to an aromatic ring is 1. The lowest BCUT2D eigenvalue weighted by molar-refractivity contribution is 0.0944. The van der Waals surface area contributed by atoms with Crippen molar-refractivity contribution in [2.45, 2.75) is 13.2 Å². The van der Waals surface area contributed by atoms with E-state index in [2.05, 4.69) is 25.6 Å². The predicted octanol–water partition coefficient (Wildman–Crippen LogP) is 2.55. The second-order valence-electron chi connectivity index (χ2n) is 6.44. The zero-order chi connectivity index (χ0) is 22.2. The van der Waals surface area contributed by atoms with Gasteiger partial charge < -0.3 is 25.8 Å². The first-order chi connectivity index (χ1) is 15.0. The Kier molecular flexibility index (Phi) is 7.63. The summed E-state index contributed by atoms with van der Waals surface area (Å²) < 4.78 is 28.7. The molecule has 3 aromatic rings. The van der Waals surface area contributed by atoms with E-state index < -0.39 is 11.7 Å². The highest BCUT2D eigenvalue weighted by molar-refractivity contribution is 6.31. The van der Waals surface area contributed by atoms with Gasteiger partial charge in [-0.05, 0) is 40.1 Å². The van der Waals surface area contributed by atoms with Crippen LogP contribution in [-0.2, 0) is 13.2 Å². The number of aromatic nitrogens is 2. The minimum atomic E-state index is -0.454. The molecule has 0 saturated heterocycles. The number of nitrogens with zero attached hydrogens (tertiary/aromatic N) is 2. The summed E-state index contributed by atoms with van der Waals surface area (Å²) in [4.78, 5) is 11.8. The number of benzene rings is 2. The van der Waals surface area contributed by atoms with E-state index in [9.17, 15) is 9.18 Å². The summed E-state index contributed by atoms with van der Waals surface area (Å²) in [5, 5.41) is 13.0. The number of hydrogen-bond donors (Lipinski definition) is 3. The number of methoxy groups -OCH3 is 1. The summed E-state index contributed by atoms with van der Waals surface area (Å²) in [6, 6.07) is 9.67. The molecule has 0 fully saturated rings. The Balaban J connectivity index is 1.47. The number of amides is 1. The van der Waals surface area contributed by atoms with Crippen molar-refractivity contribution in [1.29, 1.82) is 0 Å². The van der Waals surface area contributed by atoms with Gasteiger partial charge in [0.05, 0.1) is 12.1 Å². The van der Waals surface area contributed by atoms with Crippen LogP contribution < -0.4 is 25.8 Å². The van der Waals surface area contributed by atoms with Crippen molar-refractivity contribution in [3.05, 3.63) is 64.1 Å². The number of carbonyl (C=O) groups excluding carboxylic acids is 1. The minimum Gasteiger partial charge on any atom is -0.493 e. The standard InChI is InChI=1S/C20H21ClFN5O4/c1-29-17-8-12(10-24-6-7-25-20(28)18-19(23)27-31-26-18)2-5-16(17)30-11-13-3-4-14(22)9-15(13)21/h2-5,8-9,24H,6-7,10-11H2,1H3,(H2,23,27)(H,25,28). The fraction of sp³-hybridized carbons (Fsp3) is 0.250. The fourth-order valence-electron chi connectivity index (χ4n) is 2.67. The van der Waals surface area contributed by atoms with Gasteiger partial charge in [0.25, 0.3) is 5.91 Å². The third kappa shape index (κ3) is 6.06. The molecular weight excluding hydrogens is 429 g/mol. The third-order valence-electron chi connectivity index (χ3n) is 4.27. The number of rotatable bonds is 10. The summed E-state index contributed by atoms with van der Waals surface area (Å²) in [7, 11) is 1.55. The summed E-state index contributed by atoms with van der Waals surface area (Å²) in [6.07, 6.45) is 0. The number of nitrogens with two attached hydrogens (primary N) is 1. The fourth-order valence-corrected chi connectivity index (χ4v) is 2.89. The van der Waals surface area contributed by atoms with Crippen LogP contribution in [0.5, 0.6) is 11.5 Å². The average Bonchev–Trinajstić information content (AvgIpc) is 3.19. The van der Waals surface area contributed by atoms with Gasteiger partial charge in [-0.3, -0.25) is 4.79 Å². The van der Waals surface area contributed by atoms with Crippen molar-refractivity contribution in [3.63, 3.8) is 0 Å². The van der Waals surface area contributed by atoms with Crippen LogP contribution >= 0.6 is 11.6 Å². The van der Waals surface area contributed by atoms with Crippen LogP contribution in [-0.4, -0.2) is 36.4 Å². The SMILES string of the molecule is COc1cc(CNCCNC(=O)c2nonc2N)ccc1OCc1ccc(F)cc1Cl. The van der Waals surface area contributed by atoms with E-state index in [0.29, 0.717) is 41.7 Å². The molecule has 11 heteroatoms. The van der Waals surface area contributed by atoms with E-state index in [4.69, 9.17) is 26.8 Å². The van der Waals surface area contributed by atoms with Gasteiger partial charge in [-0.1, -0.05) is 23.7 Å². The van der Waals surface area contributed by atoms with Crippen LogP contribution in [0.25, 0.3) is 0 Å². The molecule has 9 nitrogen and oxygen atoms in total. The van der Waals surface area contributed by atoms with E-state index in [1.165, 1.54) is 12.1 Å². The molecule has 0 saturated carbocycles. The van der Waals surface area contributed by atoms with Gasteiger partial charge in [0.15, 0.2) is 11.5 Å². The molecule has 4 N–H and O–H groups in total. The molecule has 164 valence electrons. The monoisotopic (exact) mass is 449 g/mol. The molecule has 0 aliphatic heterocycles. The van der Waals surface area contributed by atoms with E-state index in [1.807, 2.05) is 12.1 Å². The summed E-state index contributed by atoms with van der Waals surface area (Å²) in [6.45, 7) is 1.60. The van der Waals surface area contributed by atoms with E-state index >= 15 is 0 Å². The van der Waals surface area contributed by atoms with Crippen LogP contribution in [0.3, 0.4) is 0 Å². The molecule has 31 heavy (non-hydrogen) atoms. The molecule has 0 radical (unpaired) electrons. The maximum absolute atomic E-state index is 13.2. The molecule has 1 amide bonds. The Hall–Kier alpha value is -3.37. The summed E-state index contributed by atoms with van der Waals surface area (Å²) >= 11 is 6.03. The average molecular weight is 450 g/mol. The number of nitrogens with one attached hydrogen (secondary N) is 2. The second kappa shape index (κ2) is 10.6. The topological polar surface area (TPSA) is 125 Å².